The lowest BCUT2D eigenvalue weighted by Crippen LogP contribution is -2.41. The van der Waals surface area contributed by atoms with Crippen LogP contribution in [0.15, 0.2) is 42.5 Å². The summed E-state index contributed by atoms with van der Waals surface area (Å²) in [4.78, 5) is 41.4. The van der Waals surface area contributed by atoms with Gasteiger partial charge in [0.05, 0.1) is 12.1 Å². The first-order valence-corrected chi connectivity index (χ1v) is 9.54. The molecule has 28 heavy (non-hydrogen) atoms. The summed E-state index contributed by atoms with van der Waals surface area (Å²) in [5, 5.41) is 0. The highest BCUT2D eigenvalue weighted by Gasteiger charge is 2.23. The average Bonchev–Trinajstić information content (AvgIpc) is 2.69. The van der Waals surface area contributed by atoms with Gasteiger partial charge in [-0.2, -0.15) is 0 Å². The minimum absolute atomic E-state index is 0.0212. The van der Waals surface area contributed by atoms with Gasteiger partial charge in [0.15, 0.2) is 5.78 Å². The molecule has 0 aliphatic heterocycles. The van der Waals surface area contributed by atoms with E-state index >= 15 is 0 Å². The van der Waals surface area contributed by atoms with E-state index in [1.165, 1.54) is 4.90 Å². The van der Waals surface area contributed by atoms with Gasteiger partial charge in [0.25, 0.3) is 5.91 Å². The minimum Gasteiger partial charge on any atom is -0.342 e. The monoisotopic (exact) mass is 380 g/mol. The normalized spacial score (nSPS) is 10.5. The molecule has 0 bridgehead atoms. The van der Waals surface area contributed by atoms with Crippen molar-refractivity contribution in [3.8, 4) is 0 Å². The number of carbonyl (C=O) groups is 3. The van der Waals surface area contributed by atoms with E-state index in [-0.39, 0.29) is 24.1 Å². The zero-order valence-electron chi connectivity index (χ0n) is 17.3. The molecule has 0 atom stereocenters. The van der Waals surface area contributed by atoms with Crippen molar-refractivity contribution >= 4 is 17.6 Å². The Balaban J connectivity index is 2.29. The number of hydrogen-bond donors (Lipinski definition) is 0. The lowest BCUT2D eigenvalue weighted by molar-refractivity contribution is -0.131. The van der Waals surface area contributed by atoms with E-state index in [9.17, 15) is 14.4 Å². The van der Waals surface area contributed by atoms with Crippen LogP contribution in [0.3, 0.4) is 0 Å². The molecule has 0 spiro atoms. The number of likely N-dealkylation sites (N-methyl/N-ethyl adjacent to an activating group) is 2. The molecule has 2 aromatic carbocycles. The van der Waals surface area contributed by atoms with Crippen LogP contribution in [0.25, 0.3) is 0 Å². The summed E-state index contributed by atoms with van der Waals surface area (Å²) >= 11 is 0. The summed E-state index contributed by atoms with van der Waals surface area (Å²) in [6.07, 6.45) is 0. The predicted molar refractivity (Wildman–Crippen MR) is 111 cm³/mol. The van der Waals surface area contributed by atoms with Gasteiger partial charge >= 0.3 is 0 Å². The van der Waals surface area contributed by atoms with Gasteiger partial charge in [-0.3, -0.25) is 14.4 Å². The molecule has 2 aromatic rings. The fraction of sp³-hybridized carbons (Fsp3) is 0.348. The van der Waals surface area contributed by atoms with Gasteiger partial charge in [0.1, 0.15) is 0 Å². The van der Waals surface area contributed by atoms with Crippen molar-refractivity contribution in [1.82, 2.24) is 9.80 Å². The Morgan fingerprint density at radius 1 is 0.857 bits per heavy atom. The summed E-state index contributed by atoms with van der Waals surface area (Å²) in [6, 6.07) is 12.3. The number of nitrogens with zero attached hydrogens (tertiary/aromatic N) is 2. The minimum atomic E-state index is -0.340. The SMILES string of the molecule is CCN(CC)C(=O)CN(C)C(=O)c1ccccc1C(=O)c1ccc(C)c(C)c1. The standard InChI is InChI=1S/C23H28N2O3/c1-6-25(7-2)21(26)15-24(5)23(28)20-11-9-8-10-19(20)22(27)18-13-12-16(3)17(4)14-18/h8-14H,6-7,15H2,1-5H3. The fourth-order valence-corrected chi connectivity index (χ4v) is 3.06. The Morgan fingerprint density at radius 3 is 2.04 bits per heavy atom. The van der Waals surface area contributed by atoms with Crippen molar-refractivity contribution in [2.45, 2.75) is 27.7 Å². The topological polar surface area (TPSA) is 57.7 Å². The van der Waals surface area contributed by atoms with Crippen LogP contribution in [0.1, 0.15) is 51.3 Å². The van der Waals surface area contributed by atoms with Crippen LogP contribution in [0.2, 0.25) is 0 Å². The van der Waals surface area contributed by atoms with Crippen molar-refractivity contribution in [3.63, 3.8) is 0 Å². The number of hydrogen-bond acceptors (Lipinski definition) is 3. The lowest BCUT2D eigenvalue weighted by atomic mass is 9.95. The molecule has 0 aliphatic rings. The second-order valence-electron chi connectivity index (χ2n) is 6.90. The van der Waals surface area contributed by atoms with Crippen LogP contribution in [0, 0.1) is 13.8 Å². The van der Waals surface area contributed by atoms with E-state index in [0.717, 1.165) is 11.1 Å². The molecule has 2 rings (SSSR count). The maximum Gasteiger partial charge on any atom is 0.254 e. The maximum atomic E-state index is 13.0. The Hall–Kier alpha value is -2.95. The third kappa shape index (κ3) is 4.66. The summed E-state index contributed by atoms with van der Waals surface area (Å²) < 4.78 is 0. The van der Waals surface area contributed by atoms with Gasteiger partial charge in [-0.05, 0) is 51.0 Å². The van der Waals surface area contributed by atoms with Crippen molar-refractivity contribution in [2.75, 3.05) is 26.7 Å². The van der Waals surface area contributed by atoms with Crippen LogP contribution in [0.4, 0.5) is 0 Å². The maximum absolute atomic E-state index is 13.0. The second kappa shape index (κ2) is 9.31. The van der Waals surface area contributed by atoms with E-state index in [0.29, 0.717) is 29.8 Å². The van der Waals surface area contributed by atoms with Gasteiger partial charge in [0.2, 0.25) is 5.91 Å². The van der Waals surface area contributed by atoms with Gasteiger partial charge in [-0.1, -0.05) is 30.3 Å². The van der Waals surface area contributed by atoms with E-state index < -0.39 is 0 Å². The number of rotatable bonds is 7. The molecule has 0 unspecified atom stereocenters. The molecule has 0 radical (unpaired) electrons. The summed E-state index contributed by atoms with van der Waals surface area (Å²) in [5.74, 6) is -0.650. The van der Waals surface area contributed by atoms with Gasteiger partial charge in [-0.15, -0.1) is 0 Å². The van der Waals surface area contributed by atoms with E-state index in [4.69, 9.17) is 0 Å². The zero-order valence-corrected chi connectivity index (χ0v) is 17.3. The first-order chi connectivity index (χ1) is 13.3. The summed E-state index contributed by atoms with van der Waals surface area (Å²) in [6.45, 7) is 8.92. The first kappa shape index (κ1) is 21.4. The zero-order chi connectivity index (χ0) is 20.8. The highest BCUT2D eigenvalue weighted by molar-refractivity contribution is 6.15. The summed E-state index contributed by atoms with van der Waals surface area (Å²) in [7, 11) is 1.58. The van der Waals surface area contributed by atoms with E-state index in [2.05, 4.69) is 0 Å². The first-order valence-electron chi connectivity index (χ1n) is 9.54. The highest BCUT2D eigenvalue weighted by atomic mass is 16.2. The Kier molecular flexibility index (Phi) is 7.10. The smallest absolute Gasteiger partial charge is 0.254 e. The molecule has 2 amide bonds. The second-order valence-corrected chi connectivity index (χ2v) is 6.90. The van der Waals surface area contributed by atoms with E-state index in [1.54, 1.807) is 42.3 Å². The fourth-order valence-electron chi connectivity index (χ4n) is 3.06. The van der Waals surface area contributed by atoms with Crippen LogP contribution in [-0.4, -0.2) is 54.1 Å². The molecule has 148 valence electrons. The molecule has 0 aliphatic carbocycles. The Morgan fingerprint density at radius 2 is 1.46 bits per heavy atom. The van der Waals surface area contributed by atoms with Crippen molar-refractivity contribution in [3.05, 3.63) is 70.3 Å². The van der Waals surface area contributed by atoms with Crippen molar-refractivity contribution in [2.24, 2.45) is 0 Å². The average molecular weight is 380 g/mol. The number of amides is 2. The highest BCUT2D eigenvalue weighted by Crippen LogP contribution is 2.18. The number of carbonyl (C=O) groups excluding carboxylic acids is 3. The number of aryl methyl sites for hydroxylation is 2. The molecule has 0 heterocycles. The van der Waals surface area contributed by atoms with Crippen molar-refractivity contribution in [1.29, 1.82) is 0 Å². The van der Waals surface area contributed by atoms with Crippen molar-refractivity contribution < 1.29 is 14.4 Å². The third-order valence-corrected chi connectivity index (χ3v) is 5.01. The number of benzene rings is 2. The molecule has 0 fully saturated rings. The molecule has 5 nitrogen and oxygen atoms in total. The van der Waals surface area contributed by atoms with Crippen LogP contribution in [0.5, 0.6) is 0 Å². The Bertz CT molecular complexity index is 885. The molecule has 5 heteroatoms. The lowest BCUT2D eigenvalue weighted by Gasteiger charge is -2.23. The molecule has 0 aromatic heterocycles. The third-order valence-electron chi connectivity index (χ3n) is 5.01. The number of ketones is 1. The van der Waals surface area contributed by atoms with Gasteiger partial charge < -0.3 is 9.80 Å². The largest absolute Gasteiger partial charge is 0.342 e. The molecular formula is C23H28N2O3. The van der Waals surface area contributed by atoms with E-state index in [1.807, 2.05) is 39.8 Å². The molecular weight excluding hydrogens is 352 g/mol. The summed E-state index contributed by atoms with van der Waals surface area (Å²) in [5.41, 5.74) is 3.33. The van der Waals surface area contributed by atoms with Crippen LogP contribution in [-0.2, 0) is 4.79 Å². The molecule has 0 N–H and O–H groups in total. The molecule has 0 saturated carbocycles. The quantitative estimate of drug-likeness (QED) is 0.691. The van der Waals surface area contributed by atoms with Gasteiger partial charge in [0, 0.05) is 31.3 Å². The molecule has 0 saturated heterocycles. The van der Waals surface area contributed by atoms with Crippen LogP contribution < -0.4 is 0 Å². The predicted octanol–water partition coefficient (Wildman–Crippen LogP) is 3.47. The van der Waals surface area contributed by atoms with Gasteiger partial charge in [-0.25, -0.2) is 0 Å². The Labute approximate surface area is 167 Å². The van der Waals surface area contributed by atoms with Crippen LogP contribution >= 0.6 is 0 Å².